The third-order valence-corrected chi connectivity index (χ3v) is 2.99. The van der Waals surface area contributed by atoms with Crippen molar-refractivity contribution in [3.63, 3.8) is 0 Å². The van der Waals surface area contributed by atoms with Crippen LogP contribution in [0.1, 0.15) is 31.9 Å². The Kier molecular flexibility index (Phi) is 3.19. The summed E-state index contributed by atoms with van der Waals surface area (Å²) in [5.41, 5.74) is 1.34. The van der Waals surface area contributed by atoms with Gasteiger partial charge in [0.1, 0.15) is 0 Å². The largest absolute Gasteiger partial charge is 0.333 e. The second kappa shape index (κ2) is 4.60. The molecule has 1 saturated heterocycles. The van der Waals surface area contributed by atoms with Gasteiger partial charge in [0.15, 0.2) is 0 Å². The minimum atomic E-state index is 0.656. The van der Waals surface area contributed by atoms with E-state index in [4.69, 9.17) is 0 Å². The van der Waals surface area contributed by atoms with Crippen LogP contribution in [0.25, 0.3) is 0 Å². The van der Waals surface area contributed by atoms with E-state index in [0.29, 0.717) is 6.04 Å². The number of imidazole rings is 1. The van der Waals surface area contributed by atoms with Gasteiger partial charge >= 0.3 is 0 Å². The zero-order valence-electron chi connectivity index (χ0n) is 8.87. The first-order valence-electron chi connectivity index (χ1n) is 5.62. The molecule has 2 heterocycles. The summed E-state index contributed by atoms with van der Waals surface area (Å²) < 4.78 is 2.28. The first-order valence-corrected chi connectivity index (χ1v) is 5.62. The number of hydrogen-bond acceptors (Lipinski definition) is 2. The topological polar surface area (TPSA) is 29.9 Å². The second-order valence-electron chi connectivity index (χ2n) is 4.04. The van der Waals surface area contributed by atoms with Crippen LogP contribution in [0.5, 0.6) is 0 Å². The average Bonchev–Trinajstić information content (AvgIpc) is 2.67. The fourth-order valence-corrected chi connectivity index (χ4v) is 2.12. The molecule has 1 unspecified atom stereocenters. The van der Waals surface area contributed by atoms with Crippen molar-refractivity contribution in [3.05, 3.63) is 18.2 Å². The van der Waals surface area contributed by atoms with Crippen LogP contribution in [0.3, 0.4) is 0 Å². The number of aromatic nitrogens is 2. The van der Waals surface area contributed by atoms with Gasteiger partial charge in [0.05, 0.1) is 6.33 Å². The first kappa shape index (κ1) is 9.71. The Balaban J connectivity index is 1.95. The lowest BCUT2D eigenvalue weighted by Gasteiger charge is -2.24. The van der Waals surface area contributed by atoms with Crippen molar-refractivity contribution in [2.24, 2.45) is 0 Å². The number of aryl methyl sites for hydroxylation is 1. The highest BCUT2D eigenvalue weighted by Gasteiger charge is 2.13. The first-order chi connectivity index (χ1) is 6.90. The highest BCUT2D eigenvalue weighted by atomic mass is 15.1. The van der Waals surface area contributed by atoms with Gasteiger partial charge in [-0.05, 0) is 25.8 Å². The van der Waals surface area contributed by atoms with Gasteiger partial charge in [0.2, 0.25) is 0 Å². The van der Waals surface area contributed by atoms with Gasteiger partial charge in [-0.15, -0.1) is 0 Å². The summed E-state index contributed by atoms with van der Waals surface area (Å²) >= 11 is 0. The number of nitrogens with one attached hydrogen (secondary N) is 1. The van der Waals surface area contributed by atoms with E-state index >= 15 is 0 Å². The van der Waals surface area contributed by atoms with Crippen LogP contribution in [-0.2, 0) is 13.0 Å². The monoisotopic (exact) mass is 193 g/mol. The molecule has 2 rings (SSSR count). The lowest BCUT2D eigenvalue weighted by Crippen LogP contribution is -2.37. The summed E-state index contributed by atoms with van der Waals surface area (Å²) in [4.78, 5) is 4.19. The van der Waals surface area contributed by atoms with Gasteiger partial charge in [0.25, 0.3) is 0 Å². The molecule has 1 aliphatic heterocycles. The van der Waals surface area contributed by atoms with E-state index in [0.717, 1.165) is 13.0 Å². The molecule has 1 N–H and O–H groups in total. The lowest BCUT2D eigenvalue weighted by atomic mass is 10.1. The van der Waals surface area contributed by atoms with Crippen LogP contribution in [-0.4, -0.2) is 22.1 Å². The molecule has 0 bridgehead atoms. The van der Waals surface area contributed by atoms with Gasteiger partial charge < -0.3 is 9.88 Å². The fraction of sp³-hybridized carbons (Fsp3) is 0.727. The van der Waals surface area contributed by atoms with Crippen molar-refractivity contribution in [1.29, 1.82) is 0 Å². The van der Waals surface area contributed by atoms with E-state index in [1.807, 2.05) is 12.5 Å². The molecule has 1 aromatic heterocycles. The number of hydrogen-bond donors (Lipinski definition) is 1. The van der Waals surface area contributed by atoms with Gasteiger partial charge in [0, 0.05) is 24.5 Å². The molecule has 14 heavy (non-hydrogen) atoms. The minimum Gasteiger partial charge on any atom is -0.333 e. The highest BCUT2D eigenvalue weighted by Crippen LogP contribution is 2.10. The second-order valence-corrected chi connectivity index (χ2v) is 4.04. The average molecular weight is 193 g/mol. The summed E-state index contributed by atoms with van der Waals surface area (Å²) in [7, 11) is 0. The fourth-order valence-electron chi connectivity index (χ4n) is 2.12. The standard InChI is InChI=1S/C11H19N3/c1-2-11-7-12-9-14(11)8-10-5-3-4-6-13-10/h7,9-10,13H,2-6,8H2,1H3. The van der Waals surface area contributed by atoms with Gasteiger partial charge in [-0.2, -0.15) is 0 Å². The van der Waals surface area contributed by atoms with Gasteiger partial charge in [-0.1, -0.05) is 13.3 Å². The number of rotatable bonds is 3. The quantitative estimate of drug-likeness (QED) is 0.790. The maximum absolute atomic E-state index is 4.19. The zero-order valence-corrected chi connectivity index (χ0v) is 8.87. The van der Waals surface area contributed by atoms with E-state index in [1.54, 1.807) is 0 Å². The maximum atomic E-state index is 4.19. The molecule has 0 amide bonds. The van der Waals surface area contributed by atoms with Crippen molar-refractivity contribution < 1.29 is 0 Å². The Morgan fingerprint density at radius 3 is 3.21 bits per heavy atom. The van der Waals surface area contributed by atoms with Crippen molar-refractivity contribution in [2.45, 2.75) is 45.2 Å². The summed E-state index contributed by atoms with van der Waals surface area (Å²) in [6.45, 7) is 4.45. The lowest BCUT2D eigenvalue weighted by molar-refractivity contribution is 0.360. The zero-order chi connectivity index (χ0) is 9.80. The predicted molar refractivity (Wildman–Crippen MR) is 57.2 cm³/mol. The van der Waals surface area contributed by atoms with Crippen molar-refractivity contribution in [3.8, 4) is 0 Å². The Labute approximate surface area is 85.5 Å². The third-order valence-electron chi connectivity index (χ3n) is 2.99. The van der Waals surface area contributed by atoms with Crippen LogP contribution in [0.15, 0.2) is 12.5 Å². The molecule has 1 fully saturated rings. The Bertz CT molecular complexity index is 274. The SMILES string of the molecule is CCc1cncn1CC1CCCCN1. The third kappa shape index (κ3) is 2.15. The van der Waals surface area contributed by atoms with E-state index in [9.17, 15) is 0 Å². The van der Waals surface area contributed by atoms with Crippen LogP contribution >= 0.6 is 0 Å². The molecule has 3 nitrogen and oxygen atoms in total. The molecule has 0 radical (unpaired) electrons. The number of piperidine rings is 1. The van der Waals surface area contributed by atoms with Crippen molar-refractivity contribution in [1.82, 2.24) is 14.9 Å². The Morgan fingerprint density at radius 1 is 1.57 bits per heavy atom. The van der Waals surface area contributed by atoms with Crippen molar-refractivity contribution >= 4 is 0 Å². The molecule has 1 atom stereocenters. The van der Waals surface area contributed by atoms with Crippen LogP contribution in [0, 0.1) is 0 Å². The molecule has 78 valence electrons. The normalized spacial score (nSPS) is 22.5. The molecule has 1 aliphatic rings. The minimum absolute atomic E-state index is 0.656. The maximum Gasteiger partial charge on any atom is 0.0948 e. The van der Waals surface area contributed by atoms with E-state index in [1.165, 1.54) is 31.5 Å². The van der Waals surface area contributed by atoms with Gasteiger partial charge in [-0.25, -0.2) is 4.98 Å². The molecular weight excluding hydrogens is 174 g/mol. The summed E-state index contributed by atoms with van der Waals surface area (Å²) in [6.07, 6.45) is 9.01. The highest BCUT2D eigenvalue weighted by molar-refractivity contribution is 4.98. The van der Waals surface area contributed by atoms with Crippen molar-refractivity contribution in [2.75, 3.05) is 6.54 Å². The Hall–Kier alpha value is -0.830. The van der Waals surface area contributed by atoms with Crippen LogP contribution in [0.2, 0.25) is 0 Å². The summed E-state index contributed by atoms with van der Waals surface area (Å²) in [5.74, 6) is 0. The number of nitrogens with zero attached hydrogens (tertiary/aromatic N) is 2. The van der Waals surface area contributed by atoms with E-state index in [-0.39, 0.29) is 0 Å². The smallest absolute Gasteiger partial charge is 0.0948 e. The molecular formula is C11H19N3. The molecule has 3 heteroatoms. The summed E-state index contributed by atoms with van der Waals surface area (Å²) in [6, 6.07) is 0.656. The molecule has 0 spiro atoms. The predicted octanol–water partition coefficient (Wildman–Crippen LogP) is 1.59. The van der Waals surface area contributed by atoms with E-state index < -0.39 is 0 Å². The molecule has 0 saturated carbocycles. The summed E-state index contributed by atoms with van der Waals surface area (Å²) in [5, 5.41) is 3.56. The molecule has 0 aromatic carbocycles. The molecule has 0 aliphatic carbocycles. The van der Waals surface area contributed by atoms with Crippen LogP contribution in [0.4, 0.5) is 0 Å². The van der Waals surface area contributed by atoms with Gasteiger partial charge in [-0.3, -0.25) is 0 Å². The van der Waals surface area contributed by atoms with Crippen LogP contribution < -0.4 is 5.32 Å². The van der Waals surface area contributed by atoms with E-state index in [2.05, 4.69) is 21.8 Å². The Morgan fingerprint density at radius 2 is 2.50 bits per heavy atom. The molecule has 1 aromatic rings.